The molecule has 1 heterocycles. The molecule has 1 atom stereocenters. The van der Waals surface area contributed by atoms with Gasteiger partial charge in [0.2, 0.25) is 5.88 Å². The molecular weight excluding hydrogens is 188 g/mol. The van der Waals surface area contributed by atoms with Crippen LogP contribution in [0.4, 0.5) is 0 Å². The summed E-state index contributed by atoms with van der Waals surface area (Å²) in [5.74, 6) is -0.912. The monoisotopic (exact) mass is 198 g/mol. The fourth-order valence-corrected chi connectivity index (χ4v) is 0.899. The SMILES string of the molecule is COc1ccc(=O)n(C(C)C(=O)O)n1. The Morgan fingerprint density at radius 2 is 2.29 bits per heavy atom. The van der Waals surface area contributed by atoms with Crippen LogP contribution in [0.5, 0.6) is 5.88 Å². The summed E-state index contributed by atoms with van der Waals surface area (Å²) in [6.45, 7) is 1.37. The van der Waals surface area contributed by atoms with E-state index < -0.39 is 17.6 Å². The van der Waals surface area contributed by atoms with E-state index in [0.717, 1.165) is 4.68 Å². The van der Waals surface area contributed by atoms with Crippen molar-refractivity contribution in [3.05, 3.63) is 22.5 Å². The van der Waals surface area contributed by atoms with Gasteiger partial charge < -0.3 is 9.84 Å². The van der Waals surface area contributed by atoms with Gasteiger partial charge in [-0.1, -0.05) is 0 Å². The van der Waals surface area contributed by atoms with Gasteiger partial charge in [0.1, 0.15) is 0 Å². The molecule has 0 saturated carbocycles. The van der Waals surface area contributed by atoms with Crippen LogP contribution < -0.4 is 10.3 Å². The third-order valence-electron chi connectivity index (χ3n) is 1.73. The van der Waals surface area contributed by atoms with E-state index in [4.69, 9.17) is 9.84 Å². The highest BCUT2D eigenvalue weighted by Gasteiger charge is 2.16. The molecule has 0 aliphatic heterocycles. The number of hydrogen-bond acceptors (Lipinski definition) is 4. The first-order valence-electron chi connectivity index (χ1n) is 3.93. The average molecular weight is 198 g/mol. The van der Waals surface area contributed by atoms with Crippen LogP contribution in [-0.4, -0.2) is 28.0 Å². The summed E-state index contributed by atoms with van der Waals surface area (Å²) in [4.78, 5) is 21.8. The number of carboxylic acid groups (broad SMARTS) is 1. The number of ether oxygens (including phenoxy) is 1. The van der Waals surface area contributed by atoms with Gasteiger partial charge >= 0.3 is 5.97 Å². The molecule has 1 aromatic heterocycles. The lowest BCUT2D eigenvalue weighted by Gasteiger charge is -2.09. The normalized spacial score (nSPS) is 12.1. The van der Waals surface area contributed by atoms with Crippen LogP contribution >= 0.6 is 0 Å². The second-order valence-electron chi connectivity index (χ2n) is 2.67. The van der Waals surface area contributed by atoms with Gasteiger partial charge in [0.15, 0.2) is 6.04 Å². The maximum absolute atomic E-state index is 11.2. The van der Waals surface area contributed by atoms with Crippen LogP contribution in [0, 0.1) is 0 Å². The van der Waals surface area contributed by atoms with Crippen molar-refractivity contribution in [2.24, 2.45) is 0 Å². The van der Waals surface area contributed by atoms with Crippen LogP contribution in [0.1, 0.15) is 13.0 Å². The Kier molecular flexibility index (Phi) is 2.85. The zero-order valence-electron chi connectivity index (χ0n) is 7.80. The van der Waals surface area contributed by atoms with Crippen LogP contribution in [-0.2, 0) is 4.79 Å². The first-order chi connectivity index (χ1) is 6.56. The van der Waals surface area contributed by atoms with Crippen molar-refractivity contribution in [2.75, 3.05) is 7.11 Å². The summed E-state index contributed by atoms with van der Waals surface area (Å²) in [5.41, 5.74) is -0.472. The average Bonchev–Trinajstić information content (AvgIpc) is 2.17. The van der Waals surface area contributed by atoms with Crippen LogP contribution in [0.15, 0.2) is 16.9 Å². The van der Waals surface area contributed by atoms with Gasteiger partial charge in [-0.3, -0.25) is 4.79 Å². The largest absolute Gasteiger partial charge is 0.480 e. The third kappa shape index (κ3) is 1.90. The van der Waals surface area contributed by atoms with Gasteiger partial charge in [-0.15, -0.1) is 5.10 Å². The smallest absolute Gasteiger partial charge is 0.328 e. The first kappa shape index (κ1) is 10.2. The summed E-state index contributed by atoms with van der Waals surface area (Å²) >= 11 is 0. The van der Waals surface area contributed by atoms with E-state index in [1.165, 1.54) is 26.2 Å². The molecule has 1 unspecified atom stereocenters. The molecule has 14 heavy (non-hydrogen) atoms. The summed E-state index contributed by atoms with van der Waals surface area (Å²) < 4.78 is 5.64. The lowest BCUT2D eigenvalue weighted by Crippen LogP contribution is -2.29. The second-order valence-corrected chi connectivity index (χ2v) is 2.67. The second kappa shape index (κ2) is 3.91. The molecule has 0 aliphatic rings. The molecule has 0 aromatic carbocycles. The Hall–Kier alpha value is -1.85. The maximum atomic E-state index is 11.2. The maximum Gasteiger partial charge on any atom is 0.328 e. The Labute approximate surface area is 79.7 Å². The molecule has 0 fully saturated rings. The molecule has 1 N–H and O–H groups in total. The number of carboxylic acids is 1. The fourth-order valence-electron chi connectivity index (χ4n) is 0.899. The minimum Gasteiger partial charge on any atom is -0.480 e. The standard InChI is InChI=1S/C8H10N2O4/c1-5(8(12)13)10-7(11)4-3-6(9-10)14-2/h3-5H,1-2H3,(H,12,13). The number of hydrogen-bond donors (Lipinski definition) is 1. The summed E-state index contributed by atoms with van der Waals surface area (Å²) in [7, 11) is 1.39. The Bertz CT molecular complexity index is 399. The number of aromatic nitrogens is 2. The number of methoxy groups -OCH3 is 1. The van der Waals surface area contributed by atoms with E-state index in [1.54, 1.807) is 0 Å². The predicted octanol–water partition coefficient (Wildman–Crippen LogP) is -0.103. The predicted molar refractivity (Wildman–Crippen MR) is 47.4 cm³/mol. The van der Waals surface area contributed by atoms with Crippen molar-refractivity contribution in [3.63, 3.8) is 0 Å². The van der Waals surface area contributed by atoms with Gasteiger partial charge in [-0.2, -0.15) is 0 Å². The molecule has 6 heteroatoms. The van der Waals surface area contributed by atoms with Gasteiger partial charge in [0, 0.05) is 12.1 Å². The molecule has 0 aliphatic carbocycles. The van der Waals surface area contributed by atoms with E-state index in [-0.39, 0.29) is 5.88 Å². The van der Waals surface area contributed by atoms with Gasteiger partial charge in [-0.05, 0) is 6.92 Å². The minimum absolute atomic E-state index is 0.206. The molecule has 0 radical (unpaired) electrons. The summed E-state index contributed by atoms with van der Waals surface area (Å²) in [5, 5.41) is 12.4. The minimum atomic E-state index is -1.12. The quantitative estimate of drug-likeness (QED) is 0.733. The topological polar surface area (TPSA) is 81.4 Å². The van der Waals surface area contributed by atoms with Crippen LogP contribution in [0.25, 0.3) is 0 Å². The first-order valence-corrected chi connectivity index (χ1v) is 3.93. The summed E-state index contributed by atoms with van der Waals surface area (Å²) in [6.07, 6.45) is 0. The lowest BCUT2D eigenvalue weighted by molar-refractivity contribution is -0.140. The van der Waals surface area contributed by atoms with E-state index in [9.17, 15) is 9.59 Å². The zero-order chi connectivity index (χ0) is 10.7. The van der Waals surface area contributed by atoms with E-state index in [1.807, 2.05) is 0 Å². The molecule has 0 bridgehead atoms. The van der Waals surface area contributed by atoms with Crippen LogP contribution in [0.2, 0.25) is 0 Å². The number of nitrogens with zero attached hydrogens (tertiary/aromatic N) is 2. The molecule has 1 aromatic rings. The van der Waals surface area contributed by atoms with Crippen molar-refractivity contribution in [2.45, 2.75) is 13.0 Å². The van der Waals surface area contributed by atoms with Crippen molar-refractivity contribution in [1.82, 2.24) is 9.78 Å². The van der Waals surface area contributed by atoms with Crippen molar-refractivity contribution in [3.8, 4) is 5.88 Å². The number of rotatable bonds is 3. The van der Waals surface area contributed by atoms with E-state index >= 15 is 0 Å². The zero-order valence-corrected chi connectivity index (χ0v) is 7.80. The number of aliphatic carboxylic acids is 1. The highest BCUT2D eigenvalue weighted by molar-refractivity contribution is 5.71. The molecule has 0 saturated heterocycles. The Balaban J connectivity index is 3.19. The highest BCUT2D eigenvalue weighted by Crippen LogP contribution is 2.04. The molecule has 76 valence electrons. The Morgan fingerprint density at radius 3 is 2.79 bits per heavy atom. The van der Waals surface area contributed by atoms with Gasteiger partial charge in [-0.25, -0.2) is 9.48 Å². The molecule has 0 amide bonds. The fraction of sp³-hybridized carbons (Fsp3) is 0.375. The van der Waals surface area contributed by atoms with Crippen molar-refractivity contribution in [1.29, 1.82) is 0 Å². The van der Waals surface area contributed by atoms with E-state index in [0.29, 0.717) is 0 Å². The highest BCUT2D eigenvalue weighted by atomic mass is 16.5. The molecule has 1 rings (SSSR count). The van der Waals surface area contributed by atoms with Crippen molar-refractivity contribution < 1.29 is 14.6 Å². The lowest BCUT2D eigenvalue weighted by atomic mass is 10.3. The Morgan fingerprint density at radius 1 is 1.64 bits per heavy atom. The van der Waals surface area contributed by atoms with Gasteiger partial charge in [0.05, 0.1) is 7.11 Å². The molecule has 6 nitrogen and oxygen atoms in total. The number of carbonyl (C=O) groups is 1. The third-order valence-corrected chi connectivity index (χ3v) is 1.73. The summed E-state index contributed by atoms with van der Waals surface area (Å²) in [6, 6.07) is 1.59. The van der Waals surface area contributed by atoms with E-state index in [2.05, 4.69) is 5.10 Å². The molecule has 0 spiro atoms. The van der Waals surface area contributed by atoms with Gasteiger partial charge in [0.25, 0.3) is 5.56 Å². The van der Waals surface area contributed by atoms with Crippen LogP contribution in [0.3, 0.4) is 0 Å². The molecular formula is C8H10N2O4. The van der Waals surface area contributed by atoms with Crippen molar-refractivity contribution >= 4 is 5.97 Å².